The summed E-state index contributed by atoms with van der Waals surface area (Å²) >= 11 is 0. The van der Waals surface area contributed by atoms with Crippen LogP contribution in [0.2, 0.25) is 0 Å². The number of imidazole rings is 1. The maximum absolute atomic E-state index is 4.19. The van der Waals surface area contributed by atoms with E-state index in [1.807, 2.05) is 19.1 Å². The molecule has 0 radical (unpaired) electrons. The maximum atomic E-state index is 4.19. The standard InChI is InChI=1S/C7H7N3.H2/c1-5-2-3-6-7(10-5)9-4-8-6;/h2-4H,1H3,(H,8,9,10);1H. The third kappa shape index (κ3) is 0.673. The molecule has 0 amide bonds. The van der Waals surface area contributed by atoms with Gasteiger partial charge in [-0.05, 0) is 19.1 Å². The lowest BCUT2D eigenvalue weighted by Crippen LogP contribution is -1.79. The van der Waals surface area contributed by atoms with Gasteiger partial charge in [0, 0.05) is 7.12 Å². The summed E-state index contributed by atoms with van der Waals surface area (Å²) in [6.45, 7) is 1.95. The number of nitrogens with one attached hydrogen (secondary N) is 1. The summed E-state index contributed by atoms with van der Waals surface area (Å²) < 4.78 is 0. The zero-order valence-electron chi connectivity index (χ0n) is 5.63. The molecule has 2 rings (SSSR count). The number of rotatable bonds is 0. The highest BCUT2D eigenvalue weighted by Gasteiger charge is 1.94. The fourth-order valence-corrected chi connectivity index (χ4v) is 0.917. The van der Waals surface area contributed by atoms with Gasteiger partial charge in [0.1, 0.15) is 0 Å². The molecule has 0 spiro atoms. The molecule has 1 N–H and O–H groups in total. The minimum atomic E-state index is 0. The third-order valence-electron chi connectivity index (χ3n) is 1.42. The Balaban J connectivity index is 0.000000605. The molecule has 0 aromatic carbocycles. The van der Waals surface area contributed by atoms with Crippen LogP contribution < -0.4 is 0 Å². The van der Waals surface area contributed by atoms with Crippen molar-refractivity contribution in [2.24, 2.45) is 0 Å². The number of nitrogens with zero attached hydrogens (tertiary/aromatic N) is 2. The summed E-state index contributed by atoms with van der Waals surface area (Å²) in [6, 6.07) is 3.94. The summed E-state index contributed by atoms with van der Waals surface area (Å²) in [7, 11) is 0. The molecule has 0 saturated heterocycles. The number of fused-ring (bicyclic) bond motifs is 1. The maximum Gasteiger partial charge on any atom is 0.177 e. The second-order valence-electron chi connectivity index (χ2n) is 2.23. The normalized spacial score (nSPS) is 10.5. The van der Waals surface area contributed by atoms with Gasteiger partial charge in [-0.2, -0.15) is 0 Å². The number of H-pyrrole nitrogens is 1. The van der Waals surface area contributed by atoms with Gasteiger partial charge in [-0.15, -0.1) is 0 Å². The Kier molecular flexibility index (Phi) is 0.974. The van der Waals surface area contributed by atoms with Gasteiger partial charge in [-0.1, -0.05) is 0 Å². The third-order valence-corrected chi connectivity index (χ3v) is 1.42. The first-order valence-electron chi connectivity index (χ1n) is 3.13. The van der Waals surface area contributed by atoms with E-state index in [0.29, 0.717) is 0 Å². The Hall–Kier alpha value is -1.38. The van der Waals surface area contributed by atoms with Gasteiger partial charge in [0.2, 0.25) is 0 Å². The van der Waals surface area contributed by atoms with Gasteiger partial charge in [-0.25, -0.2) is 9.97 Å². The van der Waals surface area contributed by atoms with E-state index in [0.717, 1.165) is 16.9 Å². The molecule has 0 aliphatic rings. The zero-order chi connectivity index (χ0) is 6.97. The number of aromatic amines is 1. The van der Waals surface area contributed by atoms with Crippen molar-refractivity contribution in [2.45, 2.75) is 6.92 Å². The fraction of sp³-hybridized carbons (Fsp3) is 0.143. The molecule has 0 saturated carbocycles. The van der Waals surface area contributed by atoms with Gasteiger partial charge in [0.25, 0.3) is 0 Å². The first-order valence-corrected chi connectivity index (χ1v) is 3.13. The van der Waals surface area contributed by atoms with Crippen LogP contribution in [0.5, 0.6) is 0 Å². The highest BCUT2D eigenvalue weighted by Crippen LogP contribution is 2.05. The zero-order valence-corrected chi connectivity index (χ0v) is 5.63. The van der Waals surface area contributed by atoms with Crippen LogP contribution in [0.3, 0.4) is 0 Å². The average Bonchev–Trinajstić information content (AvgIpc) is 2.33. The van der Waals surface area contributed by atoms with E-state index in [-0.39, 0.29) is 1.43 Å². The van der Waals surface area contributed by atoms with Crippen molar-refractivity contribution in [1.82, 2.24) is 15.0 Å². The molecular weight excluding hydrogens is 126 g/mol. The van der Waals surface area contributed by atoms with Crippen molar-refractivity contribution < 1.29 is 1.43 Å². The average molecular weight is 135 g/mol. The minimum Gasteiger partial charge on any atom is -0.343 e. The predicted molar refractivity (Wildman–Crippen MR) is 40.7 cm³/mol. The van der Waals surface area contributed by atoms with Crippen molar-refractivity contribution in [1.29, 1.82) is 0 Å². The molecule has 0 fully saturated rings. The van der Waals surface area contributed by atoms with Crippen LogP contribution in [0.4, 0.5) is 0 Å². The Morgan fingerprint density at radius 3 is 3.30 bits per heavy atom. The lowest BCUT2D eigenvalue weighted by atomic mass is 10.4. The molecule has 52 valence electrons. The van der Waals surface area contributed by atoms with Crippen LogP contribution in [-0.2, 0) is 0 Å². The van der Waals surface area contributed by atoms with Crippen LogP contribution in [0, 0.1) is 6.92 Å². The molecule has 2 aromatic rings. The first kappa shape index (κ1) is 5.41. The quantitative estimate of drug-likeness (QED) is 0.595. The molecule has 0 unspecified atom stereocenters. The van der Waals surface area contributed by atoms with Crippen LogP contribution in [0.15, 0.2) is 18.5 Å². The van der Waals surface area contributed by atoms with Crippen LogP contribution in [0.1, 0.15) is 7.12 Å². The number of hydrogen-bond donors (Lipinski definition) is 1. The Morgan fingerprint density at radius 1 is 1.50 bits per heavy atom. The van der Waals surface area contributed by atoms with E-state index >= 15 is 0 Å². The summed E-state index contributed by atoms with van der Waals surface area (Å²) in [5.41, 5.74) is 2.78. The van der Waals surface area contributed by atoms with Gasteiger partial charge >= 0.3 is 0 Å². The van der Waals surface area contributed by atoms with E-state index in [1.54, 1.807) is 6.33 Å². The van der Waals surface area contributed by atoms with Crippen molar-refractivity contribution in [3.8, 4) is 0 Å². The molecule has 2 aromatic heterocycles. The molecule has 10 heavy (non-hydrogen) atoms. The SMILES string of the molecule is Cc1ccc2[nH]cnc2n1.[HH]. The highest BCUT2D eigenvalue weighted by molar-refractivity contribution is 5.69. The molecule has 3 nitrogen and oxygen atoms in total. The summed E-state index contributed by atoms with van der Waals surface area (Å²) in [4.78, 5) is 11.2. The minimum absolute atomic E-state index is 0. The summed E-state index contributed by atoms with van der Waals surface area (Å²) in [5.74, 6) is 0. The van der Waals surface area contributed by atoms with Crippen LogP contribution in [-0.4, -0.2) is 15.0 Å². The number of aromatic nitrogens is 3. The molecule has 2 heterocycles. The predicted octanol–water partition coefficient (Wildman–Crippen LogP) is 1.51. The molecular formula is C7H9N3. The van der Waals surface area contributed by atoms with Gasteiger partial charge in [0.15, 0.2) is 5.65 Å². The lowest BCUT2D eigenvalue weighted by molar-refractivity contribution is 1.22. The van der Waals surface area contributed by atoms with E-state index in [4.69, 9.17) is 0 Å². The molecule has 0 bridgehead atoms. The largest absolute Gasteiger partial charge is 0.343 e. The summed E-state index contributed by atoms with van der Waals surface area (Å²) in [5, 5.41) is 0. The van der Waals surface area contributed by atoms with Gasteiger partial charge < -0.3 is 4.98 Å². The monoisotopic (exact) mass is 135 g/mol. The lowest BCUT2D eigenvalue weighted by Gasteiger charge is -1.88. The Morgan fingerprint density at radius 2 is 2.40 bits per heavy atom. The van der Waals surface area contributed by atoms with E-state index in [1.165, 1.54) is 0 Å². The number of aryl methyl sites for hydroxylation is 1. The van der Waals surface area contributed by atoms with E-state index < -0.39 is 0 Å². The Bertz CT molecular complexity index is 355. The topological polar surface area (TPSA) is 41.6 Å². The molecule has 0 aliphatic heterocycles. The van der Waals surface area contributed by atoms with Crippen LogP contribution in [0.25, 0.3) is 11.2 Å². The molecule has 0 aliphatic carbocycles. The highest BCUT2D eigenvalue weighted by atomic mass is 14.9. The number of hydrogen-bond acceptors (Lipinski definition) is 2. The molecule has 3 heteroatoms. The van der Waals surface area contributed by atoms with Gasteiger partial charge in [0.05, 0.1) is 11.8 Å². The van der Waals surface area contributed by atoms with E-state index in [2.05, 4.69) is 15.0 Å². The Labute approximate surface area is 59.6 Å². The van der Waals surface area contributed by atoms with Crippen molar-refractivity contribution in [3.05, 3.63) is 24.2 Å². The number of pyridine rings is 1. The van der Waals surface area contributed by atoms with Gasteiger partial charge in [-0.3, -0.25) is 0 Å². The first-order chi connectivity index (χ1) is 4.86. The van der Waals surface area contributed by atoms with Crippen molar-refractivity contribution >= 4 is 11.2 Å². The van der Waals surface area contributed by atoms with E-state index in [9.17, 15) is 0 Å². The smallest absolute Gasteiger partial charge is 0.177 e. The molecule has 0 atom stereocenters. The van der Waals surface area contributed by atoms with Crippen LogP contribution >= 0.6 is 0 Å². The van der Waals surface area contributed by atoms with Crippen molar-refractivity contribution in [3.63, 3.8) is 0 Å². The van der Waals surface area contributed by atoms with Crippen molar-refractivity contribution in [2.75, 3.05) is 0 Å². The fourth-order valence-electron chi connectivity index (χ4n) is 0.917. The second-order valence-corrected chi connectivity index (χ2v) is 2.23. The second kappa shape index (κ2) is 1.80. The summed E-state index contributed by atoms with van der Waals surface area (Å²) in [6.07, 6.45) is 1.65.